The van der Waals surface area contributed by atoms with Gasteiger partial charge in [0.15, 0.2) is 5.75 Å². The second-order valence-electron chi connectivity index (χ2n) is 8.54. The number of nitrogens with zero attached hydrogens (tertiary/aromatic N) is 1. The van der Waals surface area contributed by atoms with E-state index in [9.17, 15) is 26.8 Å². The Morgan fingerprint density at radius 3 is 2.63 bits per heavy atom. The fraction of sp³-hybridized carbons (Fsp3) is 0.304. The Balaban J connectivity index is 1.76. The van der Waals surface area contributed by atoms with E-state index in [1.165, 1.54) is 16.7 Å². The summed E-state index contributed by atoms with van der Waals surface area (Å²) in [7, 11) is -5.16. The fourth-order valence-electron chi connectivity index (χ4n) is 4.50. The number of alkyl halides is 2. The molecular formula is C23H20F2N2O7S. The summed E-state index contributed by atoms with van der Waals surface area (Å²) in [6.07, 6.45) is 2.35. The number of hydrogen-bond donors (Lipinski definition) is 2. The molecule has 9 nitrogen and oxygen atoms in total. The van der Waals surface area contributed by atoms with Crippen molar-refractivity contribution in [2.45, 2.75) is 45.0 Å². The maximum atomic E-state index is 13.6. The molecular weight excluding hydrogens is 486 g/mol. The SMILES string of the molecule is C[C@H]1NCc2cc(-c3ccc4c(=O)c(C(=O)OS(=O)(=O)O)cn(C5CC5)c4c3OC(F)F)ccc21. The average molecular weight is 506 g/mol. The second kappa shape index (κ2) is 8.40. The van der Waals surface area contributed by atoms with Gasteiger partial charge < -0.3 is 18.8 Å². The number of hydrogen-bond acceptors (Lipinski definition) is 7. The van der Waals surface area contributed by atoms with Gasteiger partial charge in [-0.3, -0.25) is 9.35 Å². The van der Waals surface area contributed by atoms with E-state index in [1.807, 2.05) is 19.1 Å². The molecule has 0 unspecified atom stereocenters. The smallest absolute Gasteiger partial charge is 0.432 e. The zero-order valence-electron chi connectivity index (χ0n) is 18.3. The summed E-state index contributed by atoms with van der Waals surface area (Å²) >= 11 is 0. The number of fused-ring (bicyclic) bond motifs is 2. The highest BCUT2D eigenvalue weighted by Gasteiger charge is 2.31. The van der Waals surface area contributed by atoms with Crippen molar-refractivity contribution in [3.63, 3.8) is 0 Å². The molecule has 1 aliphatic heterocycles. The molecule has 2 aromatic carbocycles. The molecule has 184 valence electrons. The minimum Gasteiger partial charge on any atom is -0.432 e. The van der Waals surface area contributed by atoms with Crippen molar-refractivity contribution < 1.29 is 35.5 Å². The van der Waals surface area contributed by atoms with Crippen LogP contribution in [0.25, 0.3) is 22.0 Å². The summed E-state index contributed by atoms with van der Waals surface area (Å²) in [6.45, 7) is -0.553. The monoisotopic (exact) mass is 506 g/mol. The highest BCUT2D eigenvalue weighted by atomic mass is 32.3. The zero-order chi connectivity index (χ0) is 25.1. The summed E-state index contributed by atoms with van der Waals surface area (Å²) in [6, 6.07) is 8.34. The van der Waals surface area contributed by atoms with Crippen molar-refractivity contribution >= 4 is 27.3 Å². The lowest BCUT2D eigenvalue weighted by atomic mass is 9.96. The third-order valence-corrected chi connectivity index (χ3v) is 6.58. The molecule has 12 heteroatoms. The number of aromatic nitrogens is 1. The molecule has 2 aliphatic rings. The van der Waals surface area contributed by atoms with Gasteiger partial charge in [-0.1, -0.05) is 12.1 Å². The predicted molar refractivity (Wildman–Crippen MR) is 121 cm³/mol. The number of ether oxygens (including phenoxy) is 1. The summed E-state index contributed by atoms with van der Waals surface area (Å²) in [5.74, 6) is -1.80. The maximum absolute atomic E-state index is 13.6. The average Bonchev–Trinajstić information content (AvgIpc) is 3.55. The number of pyridine rings is 1. The van der Waals surface area contributed by atoms with E-state index in [4.69, 9.17) is 9.29 Å². The second-order valence-corrected chi connectivity index (χ2v) is 9.56. The summed E-state index contributed by atoms with van der Waals surface area (Å²) in [4.78, 5) is 25.4. The van der Waals surface area contributed by atoms with Gasteiger partial charge in [0.1, 0.15) is 5.56 Å². The molecule has 0 bridgehead atoms. The van der Waals surface area contributed by atoms with Crippen LogP contribution in [0.5, 0.6) is 5.75 Å². The minimum atomic E-state index is -5.16. The number of carbonyl (C=O) groups excluding carboxylic acids is 1. The highest BCUT2D eigenvalue weighted by molar-refractivity contribution is 7.81. The van der Waals surface area contributed by atoms with Gasteiger partial charge in [0.25, 0.3) is 0 Å². The van der Waals surface area contributed by atoms with E-state index in [-0.39, 0.29) is 28.7 Å². The molecule has 2 N–H and O–H groups in total. The Kier molecular flexibility index (Phi) is 5.61. The van der Waals surface area contributed by atoms with Gasteiger partial charge in [0, 0.05) is 30.4 Å². The maximum Gasteiger partial charge on any atom is 0.449 e. The Morgan fingerprint density at radius 2 is 1.97 bits per heavy atom. The first kappa shape index (κ1) is 23.4. The topological polar surface area (TPSA) is 124 Å². The normalized spacial score (nSPS) is 17.6. The van der Waals surface area contributed by atoms with E-state index >= 15 is 0 Å². The molecule has 2 heterocycles. The van der Waals surface area contributed by atoms with Gasteiger partial charge in [0.05, 0.1) is 10.9 Å². The molecule has 0 radical (unpaired) electrons. The van der Waals surface area contributed by atoms with Crippen LogP contribution < -0.4 is 15.5 Å². The van der Waals surface area contributed by atoms with Gasteiger partial charge in [-0.25, -0.2) is 4.79 Å². The lowest BCUT2D eigenvalue weighted by Crippen LogP contribution is -2.23. The van der Waals surface area contributed by atoms with Crippen LogP contribution in [0, 0.1) is 0 Å². The number of benzene rings is 2. The van der Waals surface area contributed by atoms with Crippen LogP contribution in [-0.2, 0) is 21.1 Å². The van der Waals surface area contributed by atoms with Crippen molar-refractivity contribution in [2.75, 3.05) is 0 Å². The minimum absolute atomic E-state index is 0.0608. The third-order valence-electron chi connectivity index (χ3n) is 6.21. The molecule has 5 rings (SSSR count). The standard InChI is InChI=1S/C23H20F2N2O7S/c1-11-15-5-2-12(8-13(15)9-26-11)16-6-7-17-19(21(16)33-23(24)25)27(14-3-4-14)10-18(20(17)28)22(29)34-35(30,31)32/h2,5-8,10-11,14,23,26H,3-4,9H2,1H3,(H,30,31,32)/t11-/m1/s1. The van der Waals surface area contributed by atoms with Crippen LogP contribution in [0.3, 0.4) is 0 Å². The first-order valence-electron chi connectivity index (χ1n) is 10.8. The van der Waals surface area contributed by atoms with Gasteiger partial charge in [-0.15, -0.1) is 0 Å². The molecule has 1 aromatic heterocycles. The molecule has 0 saturated heterocycles. The van der Waals surface area contributed by atoms with Crippen LogP contribution in [0.4, 0.5) is 8.78 Å². The molecule has 0 amide bonds. The van der Waals surface area contributed by atoms with Gasteiger partial charge in [-0.05, 0) is 54.7 Å². The third kappa shape index (κ3) is 4.40. The molecule has 0 spiro atoms. The zero-order valence-corrected chi connectivity index (χ0v) is 19.1. The predicted octanol–water partition coefficient (Wildman–Crippen LogP) is 3.73. The lowest BCUT2D eigenvalue weighted by Gasteiger charge is -2.19. The summed E-state index contributed by atoms with van der Waals surface area (Å²) in [5.41, 5.74) is 1.53. The molecule has 1 saturated carbocycles. The van der Waals surface area contributed by atoms with Crippen LogP contribution in [-0.4, -0.2) is 30.1 Å². The first-order valence-corrected chi connectivity index (χ1v) is 12.1. The van der Waals surface area contributed by atoms with Crippen molar-refractivity contribution in [1.82, 2.24) is 9.88 Å². The van der Waals surface area contributed by atoms with Crippen LogP contribution >= 0.6 is 0 Å². The molecule has 1 fully saturated rings. The summed E-state index contributed by atoms with van der Waals surface area (Å²) in [5, 5.41) is 3.18. The number of rotatable bonds is 6. The number of carbonyl (C=O) groups is 1. The van der Waals surface area contributed by atoms with Crippen LogP contribution in [0.2, 0.25) is 0 Å². The van der Waals surface area contributed by atoms with E-state index in [0.717, 1.165) is 17.3 Å². The van der Waals surface area contributed by atoms with Gasteiger partial charge in [-0.2, -0.15) is 17.2 Å². The first-order chi connectivity index (χ1) is 16.5. The van der Waals surface area contributed by atoms with E-state index in [0.29, 0.717) is 30.5 Å². The van der Waals surface area contributed by atoms with Gasteiger partial charge in [0.2, 0.25) is 5.43 Å². The van der Waals surface area contributed by atoms with Crippen molar-refractivity contribution in [2.24, 2.45) is 0 Å². The number of nitrogens with one attached hydrogen (secondary N) is 1. The van der Waals surface area contributed by atoms with E-state index in [1.54, 1.807) is 6.07 Å². The summed E-state index contributed by atoms with van der Waals surface area (Å²) < 4.78 is 68.3. The Labute approximate surface area is 198 Å². The van der Waals surface area contributed by atoms with Crippen LogP contribution in [0.1, 0.15) is 53.3 Å². The largest absolute Gasteiger partial charge is 0.449 e. The van der Waals surface area contributed by atoms with Gasteiger partial charge >= 0.3 is 23.0 Å². The Bertz CT molecular complexity index is 1530. The molecule has 1 atom stereocenters. The quantitative estimate of drug-likeness (QED) is 0.485. The van der Waals surface area contributed by atoms with Crippen LogP contribution in [0.15, 0.2) is 41.3 Å². The van der Waals surface area contributed by atoms with Crippen molar-refractivity contribution in [1.29, 1.82) is 0 Å². The highest BCUT2D eigenvalue weighted by Crippen LogP contribution is 2.43. The fourth-order valence-corrected chi connectivity index (χ4v) is 4.78. The van der Waals surface area contributed by atoms with Crippen molar-refractivity contribution in [3.8, 4) is 16.9 Å². The van der Waals surface area contributed by atoms with E-state index in [2.05, 4.69) is 9.50 Å². The Hall–Kier alpha value is -3.35. The van der Waals surface area contributed by atoms with Crippen molar-refractivity contribution in [3.05, 3.63) is 63.4 Å². The Morgan fingerprint density at radius 1 is 1.23 bits per heavy atom. The molecule has 3 aromatic rings. The van der Waals surface area contributed by atoms with E-state index < -0.39 is 34.0 Å². The molecule has 35 heavy (non-hydrogen) atoms. The number of halogens is 2. The lowest BCUT2D eigenvalue weighted by molar-refractivity contribution is -0.0486. The molecule has 1 aliphatic carbocycles.